The van der Waals surface area contributed by atoms with Crippen molar-refractivity contribution in [3.8, 4) is 0 Å². The van der Waals surface area contributed by atoms with Crippen LogP contribution < -0.4 is 17.2 Å². The number of rotatable bonds is 7. The van der Waals surface area contributed by atoms with Gasteiger partial charge in [0, 0.05) is 18.3 Å². The minimum atomic E-state index is -1.00. The number of aromatic nitrogens is 2. The van der Waals surface area contributed by atoms with Crippen molar-refractivity contribution in [2.75, 3.05) is 6.54 Å². The predicted octanol–water partition coefficient (Wildman–Crippen LogP) is -1.50. The molecule has 2 atom stereocenters. The molecule has 0 fully saturated rings. The monoisotopic (exact) mass is 287 g/mol. The molecule has 20 heavy (non-hydrogen) atoms. The molecule has 0 spiro atoms. The molecular weight excluding hydrogens is 266 g/mol. The smallest absolute Gasteiger partial charge is 0.320 e. The van der Waals surface area contributed by atoms with Gasteiger partial charge in [0.1, 0.15) is 12.1 Å². The van der Waals surface area contributed by atoms with Gasteiger partial charge in [-0.05, 0) is 19.4 Å². The molecule has 0 saturated carbocycles. The number of H-pyrrole nitrogens is 1. The third-order valence-corrected chi connectivity index (χ3v) is 2.35. The first kappa shape index (κ1) is 18.0. The maximum absolute atomic E-state index is 10.3. The van der Waals surface area contributed by atoms with Crippen LogP contribution in [0.2, 0.25) is 0 Å². The molecule has 1 rings (SSSR count). The number of imidazole rings is 1. The number of nitrogens with two attached hydrogens (primary N) is 3. The molecule has 0 aliphatic rings. The summed E-state index contributed by atoms with van der Waals surface area (Å²) in [7, 11) is 0. The lowest BCUT2D eigenvalue weighted by Gasteiger charge is -2.02. The summed E-state index contributed by atoms with van der Waals surface area (Å²) < 4.78 is 0. The summed E-state index contributed by atoms with van der Waals surface area (Å²) in [6.07, 6.45) is 4.47. The van der Waals surface area contributed by atoms with E-state index in [4.69, 9.17) is 27.4 Å². The van der Waals surface area contributed by atoms with Crippen molar-refractivity contribution in [2.45, 2.75) is 31.3 Å². The molecule has 9 nitrogen and oxygen atoms in total. The van der Waals surface area contributed by atoms with E-state index in [-0.39, 0.29) is 6.42 Å². The second-order valence-corrected chi connectivity index (χ2v) is 4.10. The lowest BCUT2D eigenvalue weighted by molar-refractivity contribution is -0.139. The Balaban J connectivity index is 0.000000370. The quantitative estimate of drug-likeness (QED) is 0.350. The zero-order valence-electron chi connectivity index (χ0n) is 11.0. The highest BCUT2D eigenvalue weighted by molar-refractivity contribution is 5.73. The molecule has 9 N–H and O–H groups in total. The largest absolute Gasteiger partial charge is 0.480 e. The zero-order valence-corrected chi connectivity index (χ0v) is 11.0. The summed E-state index contributed by atoms with van der Waals surface area (Å²) in [4.78, 5) is 26.8. The van der Waals surface area contributed by atoms with E-state index >= 15 is 0 Å². The Morgan fingerprint density at radius 2 is 1.85 bits per heavy atom. The van der Waals surface area contributed by atoms with E-state index in [1.807, 2.05) is 0 Å². The number of carbonyl (C=O) groups is 2. The van der Waals surface area contributed by atoms with Gasteiger partial charge in [0.2, 0.25) is 0 Å². The Kier molecular flexibility index (Phi) is 8.92. The van der Waals surface area contributed by atoms with Crippen LogP contribution in [0.5, 0.6) is 0 Å². The molecule has 0 radical (unpaired) electrons. The first-order valence-electron chi connectivity index (χ1n) is 6.02. The van der Waals surface area contributed by atoms with Crippen molar-refractivity contribution in [2.24, 2.45) is 17.2 Å². The predicted molar refractivity (Wildman–Crippen MR) is 71.8 cm³/mol. The van der Waals surface area contributed by atoms with Gasteiger partial charge in [-0.2, -0.15) is 0 Å². The van der Waals surface area contributed by atoms with E-state index in [1.54, 1.807) is 6.20 Å². The average Bonchev–Trinajstić information content (AvgIpc) is 2.89. The lowest BCUT2D eigenvalue weighted by atomic mass is 10.2. The molecule has 1 aromatic heterocycles. The minimum Gasteiger partial charge on any atom is -0.480 e. The van der Waals surface area contributed by atoms with Crippen LogP contribution in [0.25, 0.3) is 0 Å². The Bertz CT molecular complexity index is 396. The van der Waals surface area contributed by atoms with Gasteiger partial charge in [-0.3, -0.25) is 9.59 Å². The minimum absolute atomic E-state index is 0.287. The highest BCUT2D eigenvalue weighted by Crippen LogP contribution is 1.95. The Labute approximate surface area is 116 Å². The number of nitrogens with zero attached hydrogens (tertiary/aromatic N) is 1. The molecule has 0 saturated heterocycles. The molecule has 0 aliphatic heterocycles. The maximum Gasteiger partial charge on any atom is 0.320 e. The fourth-order valence-corrected chi connectivity index (χ4v) is 1.18. The van der Waals surface area contributed by atoms with Crippen molar-refractivity contribution in [3.05, 3.63) is 18.2 Å². The molecule has 0 aliphatic carbocycles. The first-order valence-corrected chi connectivity index (χ1v) is 6.02. The number of nitrogens with one attached hydrogen (secondary N) is 1. The Hall–Kier alpha value is -1.97. The SMILES string of the molecule is NC(Cc1cnc[nH]1)C(=O)O.NCCCC(N)C(=O)O. The van der Waals surface area contributed by atoms with Gasteiger partial charge < -0.3 is 32.4 Å². The van der Waals surface area contributed by atoms with E-state index in [9.17, 15) is 9.59 Å². The molecule has 114 valence electrons. The summed E-state index contributed by atoms with van der Waals surface area (Å²) in [5, 5.41) is 16.7. The van der Waals surface area contributed by atoms with Gasteiger partial charge in [0.05, 0.1) is 6.33 Å². The van der Waals surface area contributed by atoms with Gasteiger partial charge in [-0.15, -0.1) is 0 Å². The molecular formula is C11H21N5O4. The standard InChI is InChI=1S/C6H9N3O2.C5H12N2O2/c7-5(6(10)11)1-4-2-8-3-9-4;6-3-1-2-4(7)5(8)9/h2-3,5H,1,7H2,(H,8,9)(H,10,11);4H,1-3,6-7H2,(H,8,9). The number of carboxylic acid groups (broad SMARTS) is 2. The third kappa shape index (κ3) is 8.19. The van der Waals surface area contributed by atoms with E-state index < -0.39 is 24.0 Å². The molecule has 1 heterocycles. The second-order valence-electron chi connectivity index (χ2n) is 4.10. The summed E-state index contributed by atoms with van der Waals surface area (Å²) in [6.45, 7) is 0.501. The molecule has 0 aromatic carbocycles. The fourth-order valence-electron chi connectivity index (χ4n) is 1.18. The van der Waals surface area contributed by atoms with Crippen molar-refractivity contribution in [3.63, 3.8) is 0 Å². The number of hydrogen-bond donors (Lipinski definition) is 6. The Morgan fingerprint density at radius 3 is 2.25 bits per heavy atom. The highest BCUT2D eigenvalue weighted by Gasteiger charge is 2.12. The number of aliphatic carboxylic acids is 2. The highest BCUT2D eigenvalue weighted by atomic mass is 16.4. The van der Waals surface area contributed by atoms with Crippen LogP contribution in [0.1, 0.15) is 18.5 Å². The summed E-state index contributed by atoms with van der Waals surface area (Å²) in [6, 6.07) is -1.59. The Morgan fingerprint density at radius 1 is 1.25 bits per heavy atom. The van der Waals surface area contributed by atoms with Crippen molar-refractivity contribution >= 4 is 11.9 Å². The van der Waals surface area contributed by atoms with Gasteiger partial charge in [-0.1, -0.05) is 0 Å². The van der Waals surface area contributed by atoms with E-state index in [0.717, 1.165) is 5.69 Å². The van der Waals surface area contributed by atoms with E-state index in [2.05, 4.69) is 9.97 Å². The van der Waals surface area contributed by atoms with Crippen LogP contribution >= 0.6 is 0 Å². The van der Waals surface area contributed by atoms with Gasteiger partial charge in [0.15, 0.2) is 0 Å². The number of aromatic amines is 1. The van der Waals surface area contributed by atoms with E-state index in [1.165, 1.54) is 6.33 Å². The molecule has 1 aromatic rings. The van der Waals surface area contributed by atoms with Crippen LogP contribution in [-0.4, -0.2) is 50.7 Å². The van der Waals surface area contributed by atoms with Gasteiger partial charge in [0.25, 0.3) is 0 Å². The van der Waals surface area contributed by atoms with Crippen molar-refractivity contribution < 1.29 is 19.8 Å². The first-order chi connectivity index (χ1) is 9.38. The lowest BCUT2D eigenvalue weighted by Crippen LogP contribution is -2.32. The van der Waals surface area contributed by atoms with Crippen LogP contribution in [0.3, 0.4) is 0 Å². The molecule has 9 heteroatoms. The van der Waals surface area contributed by atoms with Gasteiger partial charge >= 0.3 is 11.9 Å². The normalized spacial score (nSPS) is 12.9. The summed E-state index contributed by atoms with van der Waals surface area (Å²) in [5.41, 5.74) is 16.3. The third-order valence-electron chi connectivity index (χ3n) is 2.35. The fraction of sp³-hybridized carbons (Fsp3) is 0.545. The van der Waals surface area contributed by atoms with Crippen LogP contribution in [-0.2, 0) is 16.0 Å². The molecule has 0 amide bonds. The average molecular weight is 287 g/mol. The topological polar surface area (TPSA) is 181 Å². The van der Waals surface area contributed by atoms with Crippen LogP contribution in [0.4, 0.5) is 0 Å². The van der Waals surface area contributed by atoms with E-state index in [0.29, 0.717) is 19.4 Å². The van der Waals surface area contributed by atoms with Crippen LogP contribution in [0.15, 0.2) is 12.5 Å². The molecule has 0 bridgehead atoms. The summed E-state index contributed by atoms with van der Waals surface area (Å²) in [5.74, 6) is -1.96. The van der Waals surface area contributed by atoms with Gasteiger partial charge in [-0.25, -0.2) is 4.98 Å². The van der Waals surface area contributed by atoms with Crippen molar-refractivity contribution in [1.29, 1.82) is 0 Å². The number of hydrogen-bond acceptors (Lipinski definition) is 6. The second kappa shape index (κ2) is 9.89. The zero-order chi connectivity index (χ0) is 15.5. The van der Waals surface area contributed by atoms with Crippen LogP contribution in [0, 0.1) is 0 Å². The number of carboxylic acids is 2. The molecule has 2 unspecified atom stereocenters. The summed E-state index contributed by atoms with van der Waals surface area (Å²) >= 11 is 0. The van der Waals surface area contributed by atoms with Crippen molar-refractivity contribution in [1.82, 2.24) is 9.97 Å². The maximum atomic E-state index is 10.3.